The number of hydrogen-bond donors (Lipinski definition) is 2. The van der Waals surface area contributed by atoms with Crippen LogP contribution in [0.1, 0.15) is 11.1 Å². The molecule has 1 heterocycles. The van der Waals surface area contributed by atoms with Gasteiger partial charge in [0.15, 0.2) is 0 Å². The number of amides is 1. The molecule has 0 fully saturated rings. The molecule has 2 N–H and O–H groups in total. The number of carbonyl (C=O) groups excluding carboxylic acids is 1. The van der Waals surface area contributed by atoms with Crippen molar-refractivity contribution in [3.05, 3.63) is 83.9 Å². The zero-order valence-electron chi connectivity index (χ0n) is 17.2. The van der Waals surface area contributed by atoms with Crippen molar-refractivity contribution >= 4 is 22.5 Å². The van der Waals surface area contributed by atoms with Gasteiger partial charge in [-0.2, -0.15) is 13.2 Å². The molecule has 0 unspecified atom stereocenters. The first kappa shape index (κ1) is 23.2. The van der Waals surface area contributed by atoms with E-state index in [4.69, 9.17) is 0 Å². The van der Waals surface area contributed by atoms with Crippen molar-refractivity contribution in [2.45, 2.75) is 19.0 Å². The molecule has 0 atom stereocenters. The SMILES string of the molecule is O=C(Cc1ccc(OC(F)(F)F)cc1)Nc1ccc2[nH]c(-c3ccc(C(F)(F)F)cc3)cc2c1. The summed E-state index contributed by atoms with van der Waals surface area (Å²) in [5.74, 6) is -0.749. The topological polar surface area (TPSA) is 54.1 Å². The lowest BCUT2D eigenvalue weighted by molar-refractivity contribution is -0.274. The third-order valence-corrected chi connectivity index (χ3v) is 4.95. The molecule has 4 rings (SSSR count). The number of H-pyrrole nitrogens is 1. The molecule has 0 saturated heterocycles. The molecule has 0 aliphatic heterocycles. The summed E-state index contributed by atoms with van der Waals surface area (Å²) in [7, 11) is 0. The molecule has 0 spiro atoms. The van der Waals surface area contributed by atoms with Crippen molar-refractivity contribution in [1.29, 1.82) is 0 Å². The van der Waals surface area contributed by atoms with E-state index in [0.29, 0.717) is 22.5 Å². The van der Waals surface area contributed by atoms with Gasteiger partial charge in [-0.1, -0.05) is 24.3 Å². The summed E-state index contributed by atoms with van der Waals surface area (Å²) in [4.78, 5) is 15.5. The zero-order chi connectivity index (χ0) is 24.5. The largest absolute Gasteiger partial charge is 0.573 e. The average Bonchev–Trinajstić information content (AvgIpc) is 3.17. The fourth-order valence-electron chi connectivity index (χ4n) is 3.40. The Hall–Kier alpha value is -3.95. The second-order valence-electron chi connectivity index (χ2n) is 7.48. The monoisotopic (exact) mass is 478 g/mol. The van der Waals surface area contributed by atoms with Crippen molar-refractivity contribution in [2.75, 3.05) is 5.32 Å². The summed E-state index contributed by atoms with van der Waals surface area (Å²) < 4.78 is 78.8. The molecular formula is C24H16F6N2O2. The van der Waals surface area contributed by atoms with Crippen molar-refractivity contribution in [3.63, 3.8) is 0 Å². The van der Waals surface area contributed by atoms with E-state index in [2.05, 4.69) is 15.0 Å². The maximum atomic E-state index is 12.8. The predicted molar refractivity (Wildman–Crippen MR) is 114 cm³/mol. The number of anilines is 1. The van der Waals surface area contributed by atoms with E-state index in [1.54, 1.807) is 24.3 Å². The summed E-state index contributed by atoms with van der Waals surface area (Å²) in [6.45, 7) is 0. The highest BCUT2D eigenvalue weighted by Gasteiger charge is 2.31. The highest BCUT2D eigenvalue weighted by molar-refractivity contribution is 5.96. The van der Waals surface area contributed by atoms with Gasteiger partial charge in [0.2, 0.25) is 5.91 Å². The lowest BCUT2D eigenvalue weighted by Crippen LogP contribution is -2.17. The Balaban J connectivity index is 1.43. The van der Waals surface area contributed by atoms with Crippen molar-refractivity contribution in [3.8, 4) is 17.0 Å². The van der Waals surface area contributed by atoms with Crippen LogP contribution in [0.2, 0.25) is 0 Å². The second-order valence-corrected chi connectivity index (χ2v) is 7.48. The molecule has 0 bridgehead atoms. The summed E-state index contributed by atoms with van der Waals surface area (Å²) >= 11 is 0. The van der Waals surface area contributed by atoms with E-state index in [-0.39, 0.29) is 18.1 Å². The fraction of sp³-hybridized carbons (Fsp3) is 0.125. The van der Waals surface area contributed by atoms with Gasteiger partial charge in [-0.3, -0.25) is 4.79 Å². The number of aromatic nitrogens is 1. The number of halogens is 6. The number of rotatable bonds is 5. The highest BCUT2D eigenvalue weighted by Crippen LogP contribution is 2.32. The lowest BCUT2D eigenvalue weighted by Gasteiger charge is -2.09. The van der Waals surface area contributed by atoms with E-state index in [0.717, 1.165) is 35.2 Å². The maximum absolute atomic E-state index is 12.8. The van der Waals surface area contributed by atoms with Crippen molar-refractivity contribution in [1.82, 2.24) is 4.98 Å². The number of alkyl halides is 6. The van der Waals surface area contributed by atoms with Gasteiger partial charge in [0.05, 0.1) is 12.0 Å². The molecule has 1 amide bonds. The predicted octanol–water partition coefficient (Wildman–Crippen LogP) is 6.93. The molecule has 10 heteroatoms. The van der Waals surface area contributed by atoms with E-state index < -0.39 is 18.1 Å². The molecule has 1 aromatic heterocycles. The summed E-state index contributed by atoms with van der Waals surface area (Å²) in [5.41, 5.74) is 2.18. The first-order chi connectivity index (χ1) is 16.0. The Morgan fingerprint density at radius 1 is 0.853 bits per heavy atom. The van der Waals surface area contributed by atoms with Crippen LogP contribution in [0, 0.1) is 0 Å². The van der Waals surface area contributed by atoms with E-state index >= 15 is 0 Å². The minimum atomic E-state index is -4.79. The fourth-order valence-corrected chi connectivity index (χ4v) is 3.40. The Morgan fingerprint density at radius 2 is 1.53 bits per heavy atom. The molecule has 176 valence electrons. The van der Waals surface area contributed by atoms with Gasteiger partial charge in [0, 0.05) is 22.3 Å². The third kappa shape index (κ3) is 5.69. The van der Waals surface area contributed by atoms with Crippen LogP contribution in [-0.2, 0) is 17.4 Å². The van der Waals surface area contributed by atoms with Crippen LogP contribution in [0.5, 0.6) is 5.75 Å². The molecule has 3 aromatic carbocycles. The van der Waals surface area contributed by atoms with Gasteiger partial charge in [-0.15, -0.1) is 13.2 Å². The Bertz CT molecular complexity index is 1310. The number of carbonyl (C=O) groups is 1. The van der Waals surface area contributed by atoms with Crippen LogP contribution in [0.15, 0.2) is 72.8 Å². The number of fused-ring (bicyclic) bond motifs is 1. The van der Waals surface area contributed by atoms with Crippen LogP contribution in [-0.4, -0.2) is 17.3 Å². The third-order valence-electron chi connectivity index (χ3n) is 4.95. The minimum Gasteiger partial charge on any atom is -0.406 e. The van der Waals surface area contributed by atoms with Gasteiger partial charge in [-0.25, -0.2) is 0 Å². The van der Waals surface area contributed by atoms with Crippen LogP contribution in [0.3, 0.4) is 0 Å². The molecule has 4 nitrogen and oxygen atoms in total. The van der Waals surface area contributed by atoms with Gasteiger partial charge in [0.1, 0.15) is 5.75 Å². The average molecular weight is 478 g/mol. The Labute approximate surface area is 189 Å². The first-order valence-electron chi connectivity index (χ1n) is 9.91. The second kappa shape index (κ2) is 8.77. The molecule has 0 saturated carbocycles. The molecular weight excluding hydrogens is 462 g/mol. The van der Waals surface area contributed by atoms with Crippen molar-refractivity contribution < 1.29 is 35.9 Å². The lowest BCUT2D eigenvalue weighted by atomic mass is 10.1. The highest BCUT2D eigenvalue weighted by atomic mass is 19.4. The van der Waals surface area contributed by atoms with Crippen LogP contribution < -0.4 is 10.1 Å². The summed E-state index contributed by atoms with van der Waals surface area (Å²) in [5, 5.41) is 3.46. The standard InChI is InChI=1S/C24H16F6N2O2/c25-23(26,27)17-5-3-15(4-6-17)21-13-16-12-18(7-10-20(16)32-21)31-22(33)11-14-1-8-19(9-2-14)34-24(28,29)30/h1-10,12-13,32H,11H2,(H,31,33). The number of ether oxygens (including phenoxy) is 1. The van der Waals surface area contributed by atoms with Crippen LogP contribution in [0.25, 0.3) is 22.2 Å². The minimum absolute atomic E-state index is 0.0612. The quantitative estimate of drug-likeness (QED) is 0.306. The van der Waals surface area contributed by atoms with E-state index in [1.807, 2.05) is 0 Å². The van der Waals surface area contributed by atoms with Crippen molar-refractivity contribution in [2.24, 2.45) is 0 Å². The van der Waals surface area contributed by atoms with E-state index in [9.17, 15) is 31.1 Å². The molecule has 4 aromatic rings. The number of nitrogens with one attached hydrogen (secondary N) is 2. The normalized spacial score (nSPS) is 12.1. The number of benzene rings is 3. The smallest absolute Gasteiger partial charge is 0.406 e. The molecule has 0 aliphatic carbocycles. The van der Waals surface area contributed by atoms with Gasteiger partial charge >= 0.3 is 12.5 Å². The van der Waals surface area contributed by atoms with Gasteiger partial charge in [0.25, 0.3) is 0 Å². The van der Waals surface area contributed by atoms with E-state index in [1.165, 1.54) is 24.3 Å². The van der Waals surface area contributed by atoms with Crippen LogP contribution >= 0.6 is 0 Å². The Kier molecular flexibility index (Phi) is 5.99. The first-order valence-corrected chi connectivity index (χ1v) is 9.91. The molecule has 0 aliphatic rings. The molecule has 34 heavy (non-hydrogen) atoms. The van der Waals surface area contributed by atoms with Crippen LogP contribution in [0.4, 0.5) is 32.0 Å². The number of aromatic amines is 1. The molecule has 0 radical (unpaired) electrons. The van der Waals surface area contributed by atoms with Gasteiger partial charge in [-0.05, 0) is 59.7 Å². The maximum Gasteiger partial charge on any atom is 0.573 e. The number of hydrogen-bond acceptors (Lipinski definition) is 2. The van der Waals surface area contributed by atoms with Gasteiger partial charge < -0.3 is 15.0 Å². The zero-order valence-corrected chi connectivity index (χ0v) is 17.2. The summed E-state index contributed by atoms with van der Waals surface area (Å²) in [6.07, 6.45) is -9.26. The summed E-state index contributed by atoms with van der Waals surface area (Å²) in [6, 6.07) is 16.6. The Morgan fingerprint density at radius 3 is 2.15 bits per heavy atom.